The quantitative estimate of drug-likeness (QED) is 0.162. The first-order chi connectivity index (χ1) is 20.0. The van der Waals surface area contributed by atoms with E-state index >= 15 is 0 Å². The Morgan fingerprint density at radius 1 is 0.786 bits per heavy atom. The van der Waals surface area contributed by atoms with Gasteiger partial charge in [-0.1, -0.05) is 43.2 Å². The van der Waals surface area contributed by atoms with E-state index in [1.54, 1.807) is 30.3 Å². The molecule has 3 aromatic carbocycles. The van der Waals surface area contributed by atoms with Crippen LogP contribution in [0.1, 0.15) is 56.1 Å². The maximum Gasteiger partial charge on any atom is 0.303 e. The summed E-state index contributed by atoms with van der Waals surface area (Å²) in [6, 6.07) is 16.3. The average molecular weight is 601 g/mol. The maximum absolute atomic E-state index is 14.4. The molecule has 2 N–H and O–H groups in total. The number of unbranched alkanes of at least 4 members (excludes halogenated alkanes) is 3. The normalized spacial score (nSPS) is 11.3. The van der Waals surface area contributed by atoms with Gasteiger partial charge in [-0.05, 0) is 79.1 Å². The van der Waals surface area contributed by atoms with E-state index in [9.17, 15) is 27.5 Å². The van der Waals surface area contributed by atoms with E-state index < -0.39 is 27.6 Å². The van der Waals surface area contributed by atoms with Gasteiger partial charge in [0.2, 0.25) is 0 Å². The zero-order valence-corrected chi connectivity index (χ0v) is 24.5. The number of halogens is 1. The summed E-state index contributed by atoms with van der Waals surface area (Å²) >= 11 is 0. The third kappa shape index (κ3) is 10.5. The zero-order valence-electron chi connectivity index (χ0n) is 23.7. The number of carboxylic acid groups (broad SMARTS) is 2. The molecule has 0 bridgehead atoms. The minimum atomic E-state index is -3.53. The maximum atomic E-state index is 14.4. The van der Waals surface area contributed by atoms with Crippen LogP contribution in [-0.2, 0) is 32.3 Å². The summed E-state index contributed by atoms with van der Waals surface area (Å²) in [5.41, 5.74) is 2.58. The number of carbonyl (C=O) groups is 2. The second-order valence-corrected chi connectivity index (χ2v) is 12.1. The van der Waals surface area contributed by atoms with Crippen LogP contribution in [0.15, 0.2) is 65.6 Å². The Morgan fingerprint density at radius 2 is 1.50 bits per heavy atom. The Bertz CT molecular complexity index is 1470. The fourth-order valence-electron chi connectivity index (χ4n) is 4.58. The van der Waals surface area contributed by atoms with Crippen molar-refractivity contribution < 1.29 is 42.1 Å². The molecule has 0 spiro atoms. The second kappa shape index (κ2) is 15.9. The van der Waals surface area contributed by atoms with E-state index in [0.717, 1.165) is 49.5 Å². The number of rotatable bonds is 18. The smallest absolute Gasteiger partial charge is 0.303 e. The molecule has 0 unspecified atom stereocenters. The summed E-state index contributed by atoms with van der Waals surface area (Å²) in [6.45, 7) is 0.609. The number of benzene rings is 3. The number of aryl methyl sites for hydroxylation is 1. The van der Waals surface area contributed by atoms with Gasteiger partial charge in [-0.2, -0.15) is 0 Å². The van der Waals surface area contributed by atoms with Crippen molar-refractivity contribution in [1.29, 1.82) is 0 Å². The summed E-state index contributed by atoms with van der Waals surface area (Å²) in [5.74, 6) is -1.28. The van der Waals surface area contributed by atoms with Crippen LogP contribution in [0.3, 0.4) is 0 Å². The molecule has 0 aliphatic heterocycles. The number of aliphatic carboxylic acids is 2. The predicted molar refractivity (Wildman–Crippen MR) is 157 cm³/mol. The SMILES string of the molecule is CS(=O)(=O)c1cc(OCCCCCCc2cccc(OCCCC(=O)O)c2CCC(=O)O)cc(-c2ccccc2F)c1. The van der Waals surface area contributed by atoms with Crippen molar-refractivity contribution in [1.82, 2.24) is 0 Å². The lowest BCUT2D eigenvalue weighted by molar-refractivity contribution is -0.138. The summed E-state index contributed by atoms with van der Waals surface area (Å²) in [7, 11) is -3.53. The molecule has 0 saturated carbocycles. The Morgan fingerprint density at radius 3 is 2.21 bits per heavy atom. The third-order valence-corrected chi connectivity index (χ3v) is 7.81. The molecule has 0 fully saturated rings. The fraction of sp³-hybridized carbons (Fsp3) is 0.375. The first kappa shape index (κ1) is 32.6. The third-order valence-electron chi connectivity index (χ3n) is 6.71. The molecular weight excluding hydrogens is 563 g/mol. The highest BCUT2D eigenvalue weighted by Gasteiger charge is 2.15. The minimum Gasteiger partial charge on any atom is -0.494 e. The van der Waals surface area contributed by atoms with Gasteiger partial charge in [-0.15, -0.1) is 0 Å². The predicted octanol–water partition coefficient (Wildman–Crippen LogP) is 6.34. The molecule has 3 aromatic rings. The van der Waals surface area contributed by atoms with E-state index in [1.165, 1.54) is 18.2 Å². The lowest BCUT2D eigenvalue weighted by Crippen LogP contribution is -2.07. The van der Waals surface area contributed by atoms with Gasteiger partial charge in [0, 0.05) is 24.7 Å². The van der Waals surface area contributed by atoms with Crippen LogP contribution < -0.4 is 9.47 Å². The summed E-state index contributed by atoms with van der Waals surface area (Å²) in [4.78, 5) is 22.0. The monoisotopic (exact) mass is 600 g/mol. The highest BCUT2D eigenvalue weighted by molar-refractivity contribution is 7.90. The van der Waals surface area contributed by atoms with Gasteiger partial charge in [-0.25, -0.2) is 12.8 Å². The van der Waals surface area contributed by atoms with Gasteiger partial charge in [0.25, 0.3) is 0 Å². The highest BCUT2D eigenvalue weighted by Crippen LogP contribution is 2.30. The Hall–Kier alpha value is -3.92. The van der Waals surface area contributed by atoms with Crippen LogP contribution >= 0.6 is 0 Å². The summed E-state index contributed by atoms with van der Waals surface area (Å²) in [5, 5.41) is 18.0. The molecule has 0 aliphatic rings. The van der Waals surface area contributed by atoms with Crippen LogP contribution in [-0.4, -0.2) is 50.0 Å². The summed E-state index contributed by atoms with van der Waals surface area (Å²) < 4.78 is 50.5. The standard InChI is InChI=1S/C32H37FO8S/c1-42(38,39)26-21-24(27-12-5-6-13-29(27)33)20-25(22-26)40-18-7-3-2-4-10-23-11-8-14-30(28(23)16-17-32(36)37)41-19-9-15-31(34)35/h5-6,8,11-14,20-22H,2-4,7,9-10,15-19H2,1H3,(H,34,35)(H,36,37). The van der Waals surface area contributed by atoms with Crippen molar-refractivity contribution in [3.63, 3.8) is 0 Å². The molecule has 10 heteroatoms. The van der Waals surface area contributed by atoms with Crippen molar-refractivity contribution in [3.8, 4) is 22.6 Å². The van der Waals surface area contributed by atoms with Gasteiger partial charge in [0.1, 0.15) is 17.3 Å². The number of carboxylic acids is 2. The number of ether oxygens (including phenoxy) is 2. The molecule has 226 valence electrons. The summed E-state index contributed by atoms with van der Waals surface area (Å²) in [6.07, 6.45) is 5.87. The van der Waals surface area contributed by atoms with Gasteiger partial charge in [0.15, 0.2) is 9.84 Å². The van der Waals surface area contributed by atoms with E-state index in [4.69, 9.17) is 14.6 Å². The topological polar surface area (TPSA) is 127 Å². The van der Waals surface area contributed by atoms with Crippen molar-refractivity contribution >= 4 is 21.8 Å². The Kier molecular flexibility index (Phi) is 12.3. The molecular formula is C32H37FO8S. The molecule has 0 heterocycles. The first-order valence-corrected chi connectivity index (χ1v) is 15.8. The number of sulfone groups is 1. The van der Waals surface area contributed by atoms with E-state index in [1.807, 2.05) is 12.1 Å². The lowest BCUT2D eigenvalue weighted by atomic mass is 9.97. The second-order valence-electron chi connectivity index (χ2n) is 10.1. The van der Waals surface area contributed by atoms with E-state index in [2.05, 4.69) is 0 Å². The molecule has 0 saturated heterocycles. The van der Waals surface area contributed by atoms with Crippen LogP contribution in [0, 0.1) is 5.82 Å². The van der Waals surface area contributed by atoms with E-state index in [-0.39, 0.29) is 24.3 Å². The molecule has 42 heavy (non-hydrogen) atoms. The van der Waals surface area contributed by atoms with Gasteiger partial charge >= 0.3 is 11.9 Å². The van der Waals surface area contributed by atoms with Gasteiger partial charge in [0.05, 0.1) is 18.1 Å². The Labute approximate surface area is 246 Å². The van der Waals surface area contributed by atoms with Crippen molar-refractivity contribution in [2.75, 3.05) is 19.5 Å². The van der Waals surface area contributed by atoms with Crippen LogP contribution in [0.2, 0.25) is 0 Å². The Balaban J connectivity index is 1.54. The van der Waals surface area contributed by atoms with Crippen LogP contribution in [0.25, 0.3) is 11.1 Å². The van der Waals surface area contributed by atoms with Gasteiger partial charge < -0.3 is 19.7 Å². The lowest BCUT2D eigenvalue weighted by Gasteiger charge is -2.15. The molecule has 0 amide bonds. The largest absolute Gasteiger partial charge is 0.494 e. The average Bonchev–Trinajstić information content (AvgIpc) is 2.93. The number of hydrogen-bond acceptors (Lipinski definition) is 6. The first-order valence-electron chi connectivity index (χ1n) is 13.9. The zero-order chi connectivity index (χ0) is 30.5. The molecule has 8 nitrogen and oxygen atoms in total. The molecule has 3 rings (SSSR count). The van der Waals surface area contributed by atoms with Crippen molar-refractivity contribution in [2.24, 2.45) is 0 Å². The highest BCUT2D eigenvalue weighted by atomic mass is 32.2. The molecule has 0 atom stereocenters. The molecule has 0 aliphatic carbocycles. The van der Waals surface area contributed by atoms with Crippen molar-refractivity contribution in [3.05, 3.63) is 77.6 Å². The van der Waals surface area contributed by atoms with E-state index in [0.29, 0.717) is 42.1 Å². The molecule has 0 radical (unpaired) electrons. The molecule has 0 aromatic heterocycles. The number of hydrogen-bond donors (Lipinski definition) is 2. The van der Waals surface area contributed by atoms with Crippen LogP contribution in [0.4, 0.5) is 4.39 Å². The van der Waals surface area contributed by atoms with Crippen LogP contribution in [0.5, 0.6) is 11.5 Å². The fourth-order valence-corrected chi connectivity index (χ4v) is 5.25. The van der Waals surface area contributed by atoms with Gasteiger partial charge in [-0.3, -0.25) is 9.59 Å². The van der Waals surface area contributed by atoms with Crippen molar-refractivity contribution in [2.45, 2.75) is 62.7 Å². The minimum absolute atomic E-state index is 0.00371.